The van der Waals surface area contributed by atoms with Crippen LogP contribution in [0.15, 0.2) is 53.7 Å². The highest BCUT2D eigenvalue weighted by atomic mass is 32.2. The van der Waals surface area contributed by atoms with E-state index < -0.39 is 0 Å². The molecule has 0 unspecified atom stereocenters. The van der Waals surface area contributed by atoms with E-state index in [0.29, 0.717) is 27.8 Å². The number of hydrogen-bond acceptors (Lipinski definition) is 7. The number of aromatic nitrogens is 2. The van der Waals surface area contributed by atoms with Gasteiger partial charge in [-0.2, -0.15) is 5.26 Å². The summed E-state index contributed by atoms with van der Waals surface area (Å²) >= 11 is 1.52. The molecule has 0 bridgehead atoms. The topological polar surface area (TPSA) is 87.9 Å². The molecule has 0 spiro atoms. The van der Waals surface area contributed by atoms with Gasteiger partial charge >= 0.3 is 0 Å². The molecular weight excluding hydrogens is 396 g/mol. The second kappa shape index (κ2) is 9.42. The second-order valence-electron chi connectivity index (χ2n) is 6.84. The first-order valence-corrected chi connectivity index (χ1v) is 10.3. The van der Waals surface area contributed by atoms with Crippen LogP contribution in [0.2, 0.25) is 0 Å². The minimum Gasteiger partial charge on any atom is -0.497 e. The molecular formula is C23H22N4O2S. The number of ketones is 1. The molecule has 7 heteroatoms. The normalized spacial score (nSPS) is 10.5. The summed E-state index contributed by atoms with van der Waals surface area (Å²) < 4.78 is 5.23. The fraction of sp³-hybridized carbons (Fsp3) is 0.217. The molecule has 0 saturated carbocycles. The SMILES string of the molecule is COc1ccc(-c2nc(SC(C)C)nc(Nc3ccc(C(C)=O)cc3)c2C#N)cc1. The molecule has 0 atom stereocenters. The van der Waals surface area contributed by atoms with E-state index in [9.17, 15) is 10.1 Å². The van der Waals surface area contributed by atoms with Gasteiger partial charge in [-0.3, -0.25) is 4.79 Å². The van der Waals surface area contributed by atoms with Gasteiger partial charge < -0.3 is 10.1 Å². The number of carbonyl (C=O) groups excluding carboxylic acids is 1. The number of nitrogens with one attached hydrogen (secondary N) is 1. The minimum atomic E-state index is -0.00119. The van der Waals surface area contributed by atoms with Gasteiger partial charge in [-0.25, -0.2) is 9.97 Å². The molecule has 0 radical (unpaired) electrons. The number of methoxy groups -OCH3 is 1. The third kappa shape index (κ3) is 4.97. The molecule has 0 fully saturated rings. The summed E-state index contributed by atoms with van der Waals surface area (Å²) in [6.07, 6.45) is 0. The number of anilines is 2. The number of thioether (sulfide) groups is 1. The first-order valence-electron chi connectivity index (χ1n) is 9.42. The van der Waals surface area contributed by atoms with E-state index in [4.69, 9.17) is 4.74 Å². The number of nitrogens with zero attached hydrogens (tertiary/aromatic N) is 3. The van der Waals surface area contributed by atoms with E-state index in [1.54, 1.807) is 31.4 Å². The van der Waals surface area contributed by atoms with E-state index >= 15 is 0 Å². The molecule has 1 heterocycles. The van der Waals surface area contributed by atoms with Crippen LogP contribution >= 0.6 is 11.8 Å². The maximum atomic E-state index is 11.5. The maximum Gasteiger partial charge on any atom is 0.190 e. The zero-order chi connectivity index (χ0) is 21.7. The maximum absolute atomic E-state index is 11.5. The summed E-state index contributed by atoms with van der Waals surface area (Å²) in [6, 6.07) is 16.7. The fourth-order valence-corrected chi connectivity index (χ4v) is 3.49. The van der Waals surface area contributed by atoms with Gasteiger partial charge in [0, 0.05) is 22.1 Å². The average Bonchev–Trinajstić information content (AvgIpc) is 2.73. The Labute approximate surface area is 180 Å². The summed E-state index contributed by atoms with van der Waals surface area (Å²) in [5.41, 5.74) is 3.07. The van der Waals surface area contributed by atoms with Gasteiger partial charge in [-0.15, -0.1) is 0 Å². The largest absolute Gasteiger partial charge is 0.497 e. The molecule has 0 amide bonds. The van der Waals surface area contributed by atoms with Crippen molar-refractivity contribution in [1.29, 1.82) is 5.26 Å². The molecule has 1 N–H and O–H groups in total. The molecule has 0 aliphatic heterocycles. The third-order valence-electron chi connectivity index (χ3n) is 4.26. The van der Waals surface area contributed by atoms with Crippen molar-refractivity contribution >= 4 is 29.1 Å². The Morgan fingerprint density at radius 1 is 1.10 bits per heavy atom. The Hall–Kier alpha value is -3.37. The Balaban J connectivity index is 2.08. The van der Waals surface area contributed by atoms with Crippen LogP contribution in [0, 0.1) is 11.3 Å². The predicted octanol–water partition coefficient (Wildman–Crippen LogP) is 5.47. The zero-order valence-corrected chi connectivity index (χ0v) is 18.1. The fourth-order valence-electron chi connectivity index (χ4n) is 2.78. The van der Waals surface area contributed by atoms with Crippen molar-refractivity contribution in [2.24, 2.45) is 0 Å². The van der Waals surface area contributed by atoms with Crippen LogP contribution in [-0.4, -0.2) is 28.1 Å². The standard InChI is InChI=1S/C23H22N4O2S/c1-14(2)30-23-26-21(17-7-11-19(29-4)12-8-17)20(13-24)22(27-23)25-18-9-5-16(6-10-18)15(3)28/h5-12,14H,1-4H3,(H,25,26,27). The van der Waals surface area contributed by atoms with Crippen LogP contribution < -0.4 is 10.1 Å². The lowest BCUT2D eigenvalue weighted by molar-refractivity contribution is 0.101. The predicted molar refractivity (Wildman–Crippen MR) is 119 cm³/mol. The van der Waals surface area contributed by atoms with Crippen molar-refractivity contribution in [3.8, 4) is 23.1 Å². The van der Waals surface area contributed by atoms with E-state index in [0.717, 1.165) is 17.0 Å². The first-order chi connectivity index (χ1) is 14.4. The molecule has 152 valence electrons. The molecule has 0 saturated heterocycles. The van der Waals surface area contributed by atoms with Gasteiger partial charge in [0.25, 0.3) is 0 Å². The van der Waals surface area contributed by atoms with E-state index in [1.807, 2.05) is 24.3 Å². The number of nitriles is 1. The van der Waals surface area contributed by atoms with Gasteiger partial charge in [0.05, 0.1) is 12.8 Å². The van der Waals surface area contributed by atoms with Crippen molar-refractivity contribution in [3.63, 3.8) is 0 Å². The van der Waals surface area contributed by atoms with Crippen molar-refractivity contribution in [2.75, 3.05) is 12.4 Å². The highest BCUT2D eigenvalue weighted by molar-refractivity contribution is 7.99. The van der Waals surface area contributed by atoms with E-state index in [2.05, 4.69) is 35.2 Å². The Kier molecular flexibility index (Phi) is 6.70. The summed E-state index contributed by atoms with van der Waals surface area (Å²) in [7, 11) is 1.61. The molecule has 2 aromatic carbocycles. The Morgan fingerprint density at radius 2 is 1.77 bits per heavy atom. The smallest absolute Gasteiger partial charge is 0.190 e. The van der Waals surface area contributed by atoms with Crippen molar-refractivity contribution in [3.05, 3.63) is 59.7 Å². The average molecular weight is 419 g/mol. The van der Waals surface area contributed by atoms with Crippen LogP contribution in [0.1, 0.15) is 36.7 Å². The molecule has 3 rings (SSSR count). The van der Waals surface area contributed by atoms with Crippen molar-refractivity contribution in [1.82, 2.24) is 9.97 Å². The molecule has 0 aliphatic carbocycles. The number of ether oxygens (including phenoxy) is 1. The van der Waals surface area contributed by atoms with Gasteiger partial charge in [-0.1, -0.05) is 25.6 Å². The quantitative estimate of drug-likeness (QED) is 0.309. The number of rotatable bonds is 7. The summed E-state index contributed by atoms with van der Waals surface area (Å²) in [6.45, 7) is 5.65. The van der Waals surface area contributed by atoms with Crippen LogP contribution in [0.4, 0.5) is 11.5 Å². The van der Waals surface area contributed by atoms with Crippen molar-refractivity contribution < 1.29 is 9.53 Å². The number of Topliss-reactive ketones (excluding diaryl/α,β-unsaturated/α-hetero) is 1. The monoisotopic (exact) mass is 418 g/mol. The summed E-state index contributed by atoms with van der Waals surface area (Å²) in [5, 5.41) is 14.0. The lowest BCUT2D eigenvalue weighted by atomic mass is 10.1. The third-order valence-corrected chi connectivity index (χ3v) is 5.12. The van der Waals surface area contributed by atoms with Gasteiger partial charge in [0.1, 0.15) is 17.4 Å². The lowest BCUT2D eigenvalue weighted by Gasteiger charge is -2.14. The second-order valence-corrected chi connectivity index (χ2v) is 8.39. The zero-order valence-electron chi connectivity index (χ0n) is 17.3. The molecule has 6 nitrogen and oxygen atoms in total. The Morgan fingerprint density at radius 3 is 2.30 bits per heavy atom. The van der Waals surface area contributed by atoms with Gasteiger partial charge in [0.15, 0.2) is 16.8 Å². The number of benzene rings is 2. The van der Waals surface area contributed by atoms with Crippen LogP contribution in [0.5, 0.6) is 5.75 Å². The van der Waals surface area contributed by atoms with Crippen molar-refractivity contribution in [2.45, 2.75) is 31.2 Å². The van der Waals surface area contributed by atoms with Gasteiger partial charge in [0.2, 0.25) is 0 Å². The van der Waals surface area contributed by atoms with E-state index in [1.165, 1.54) is 18.7 Å². The Bertz CT molecular complexity index is 1090. The lowest BCUT2D eigenvalue weighted by Crippen LogP contribution is -2.05. The molecule has 1 aromatic heterocycles. The van der Waals surface area contributed by atoms with Crippen LogP contribution in [-0.2, 0) is 0 Å². The van der Waals surface area contributed by atoms with E-state index in [-0.39, 0.29) is 11.0 Å². The van der Waals surface area contributed by atoms with Crippen LogP contribution in [0.3, 0.4) is 0 Å². The number of carbonyl (C=O) groups is 1. The highest BCUT2D eigenvalue weighted by Gasteiger charge is 2.17. The van der Waals surface area contributed by atoms with Gasteiger partial charge in [-0.05, 0) is 55.5 Å². The minimum absolute atomic E-state index is 0.00119. The summed E-state index contributed by atoms with van der Waals surface area (Å²) in [5.74, 6) is 1.16. The number of hydrogen-bond donors (Lipinski definition) is 1. The summed E-state index contributed by atoms with van der Waals surface area (Å²) in [4.78, 5) is 20.8. The molecule has 3 aromatic rings. The molecule has 30 heavy (non-hydrogen) atoms. The highest BCUT2D eigenvalue weighted by Crippen LogP contribution is 2.32. The van der Waals surface area contributed by atoms with Crippen LogP contribution in [0.25, 0.3) is 11.3 Å². The first kappa shape index (κ1) is 21.3. The molecule has 0 aliphatic rings.